The number of hydrogen-bond acceptors (Lipinski definition) is 4. The third kappa shape index (κ3) is 4.27. The second-order valence-electron chi connectivity index (χ2n) is 7.80. The highest BCUT2D eigenvalue weighted by Gasteiger charge is 2.36. The number of nitrogens with one attached hydrogen (secondary N) is 1. The Bertz CT molecular complexity index is 859. The van der Waals surface area contributed by atoms with Crippen LogP contribution in [0.5, 0.6) is 11.5 Å². The number of fused-ring (bicyclic) bond motifs is 1. The van der Waals surface area contributed by atoms with Crippen molar-refractivity contribution in [1.82, 2.24) is 10.2 Å². The fourth-order valence-electron chi connectivity index (χ4n) is 3.29. The highest BCUT2D eigenvalue weighted by atomic mass is 16.5. The molecule has 0 aliphatic carbocycles. The van der Waals surface area contributed by atoms with Gasteiger partial charge in [-0.05, 0) is 38.5 Å². The van der Waals surface area contributed by atoms with Gasteiger partial charge in [-0.25, -0.2) is 0 Å². The van der Waals surface area contributed by atoms with Crippen LogP contribution < -0.4 is 14.8 Å². The van der Waals surface area contributed by atoms with Crippen molar-refractivity contribution in [3.63, 3.8) is 0 Å². The number of hydrogen-bond donors (Lipinski definition) is 1. The minimum absolute atomic E-state index is 0.133. The Morgan fingerprint density at radius 3 is 2.50 bits per heavy atom. The highest BCUT2D eigenvalue weighted by molar-refractivity contribution is 5.90. The first-order chi connectivity index (χ1) is 13.3. The van der Waals surface area contributed by atoms with E-state index < -0.39 is 11.6 Å². The van der Waals surface area contributed by atoms with Gasteiger partial charge < -0.3 is 19.7 Å². The van der Waals surface area contributed by atoms with Gasteiger partial charge in [0.2, 0.25) is 5.91 Å². The Morgan fingerprint density at radius 2 is 1.86 bits per heavy atom. The minimum atomic E-state index is -0.771. The van der Waals surface area contributed by atoms with Crippen LogP contribution in [0.4, 0.5) is 0 Å². The third-order valence-electron chi connectivity index (χ3n) is 4.48. The minimum Gasteiger partial charge on any atom is -0.496 e. The van der Waals surface area contributed by atoms with Crippen LogP contribution in [0.3, 0.4) is 0 Å². The van der Waals surface area contributed by atoms with Gasteiger partial charge in [-0.3, -0.25) is 9.59 Å². The molecule has 0 aromatic heterocycles. The van der Waals surface area contributed by atoms with Gasteiger partial charge in [-0.1, -0.05) is 36.4 Å². The van der Waals surface area contributed by atoms with Crippen molar-refractivity contribution >= 4 is 11.8 Å². The molecule has 3 rings (SSSR count). The fraction of sp³-hybridized carbons (Fsp3) is 0.364. The first-order valence-electron chi connectivity index (χ1n) is 9.25. The molecule has 1 aliphatic heterocycles. The zero-order chi connectivity index (χ0) is 20.3. The molecule has 0 radical (unpaired) electrons. The van der Waals surface area contributed by atoms with E-state index in [1.165, 1.54) is 0 Å². The van der Waals surface area contributed by atoms with E-state index >= 15 is 0 Å². The molecule has 0 saturated heterocycles. The number of carbonyl (C=O) groups excluding carboxylic acids is 2. The Hall–Kier alpha value is -3.02. The molecule has 1 unspecified atom stereocenters. The van der Waals surface area contributed by atoms with E-state index in [2.05, 4.69) is 5.32 Å². The highest BCUT2D eigenvalue weighted by Crippen LogP contribution is 2.35. The number of nitrogens with zero attached hydrogens (tertiary/aromatic N) is 1. The average Bonchev–Trinajstić information content (AvgIpc) is 2.81. The lowest BCUT2D eigenvalue weighted by Crippen LogP contribution is -2.49. The van der Waals surface area contributed by atoms with Gasteiger partial charge in [0.15, 0.2) is 6.61 Å². The molecular weight excluding hydrogens is 356 g/mol. The van der Waals surface area contributed by atoms with Gasteiger partial charge in [-0.2, -0.15) is 0 Å². The van der Waals surface area contributed by atoms with Crippen molar-refractivity contribution in [3.05, 3.63) is 59.7 Å². The van der Waals surface area contributed by atoms with E-state index in [9.17, 15) is 9.59 Å². The summed E-state index contributed by atoms with van der Waals surface area (Å²) in [5.41, 5.74) is 1.07. The van der Waals surface area contributed by atoms with Crippen molar-refractivity contribution < 1.29 is 19.1 Å². The maximum absolute atomic E-state index is 13.2. The number of carbonyl (C=O) groups is 2. The monoisotopic (exact) mass is 382 g/mol. The smallest absolute Gasteiger partial charge is 0.261 e. The topological polar surface area (TPSA) is 67.9 Å². The molecule has 0 fully saturated rings. The van der Waals surface area contributed by atoms with Crippen LogP contribution >= 0.6 is 0 Å². The van der Waals surface area contributed by atoms with E-state index in [1.807, 2.05) is 63.2 Å². The number of methoxy groups -OCH3 is 1. The molecule has 6 heteroatoms. The van der Waals surface area contributed by atoms with Crippen LogP contribution in [-0.2, 0) is 16.1 Å². The van der Waals surface area contributed by atoms with E-state index in [0.717, 1.165) is 11.1 Å². The van der Waals surface area contributed by atoms with Gasteiger partial charge in [-0.15, -0.1) is 0 Å². The second-order valence-corrected chi connectivity index (χ2v) is 7.80. The lowest BCUT2D eigenvalue weighted by Gasteiger charge is -2.32. The SMILES string of the molecule is COc1cccc2c1CN(C(C(=O)NC(C)(C)C)c1ccccc1)C(=O)CO2. The van der Waals surface area contributed by atoms with E-state index in [1.54, 1.807) is 18.1 Å². The van der Waals surface area contributed by atoms with Crippen molar-refractivity contribution in [3.8, 4) is 11.5 Å². The molecule has 2 aromatic carbocycles. The van der Waals surface area contributed by atoms with Crippen molar-refractivity contribution in [2.75, 3.05) is 13.7 Å². The van der Waals surface area contributed by atoms with Crippen molar-refractivity contribution in [2.24, 2.45) is 0 Å². The zero-order valence-corrected chi connectivity index (χ0v) is 16.7. The summed E-state index contributed by atoms with van der Waals surface area (Å²) >= 11 is 0. The Labute approximate surface area is 165 Å². The number of rotatable bonds is 4. The molecule has 1 heterocycles. The lowest BCUT2D eigenvalue weighted by molar-refractivity contribution is -0.143. The normalized spacial score (nSPS) is 15.1. The van der Waals surface area contributed by atoms with E-state index in [0.29, 0.717) is 11.5 Å². The third-order valence-corrected chi connectivity index (χ3v) is 4.48. The molecular formula is C22H26N2O4. The predicted molar refractivity (Wildman–Crippen MR) is 106 cm³/mol. The molecule has 0 spiro atoms. The zero-order valence-electron chi connectivity index (χ0n) is 16.7. The molecule has 28 heavy (non-hydrogen) atoms. The summed E-state index contributed by atoms with van der Waals surface area (Å²) in [4.78, 5) is 27.7. The quantitative estimate of drug-likeness (QED) is 0.882. The number of amides is 2. The first-order valence-corrected chi connectivity index (χ1v) is 9.25. The summed E-state index contributed by atoms with van der Waals surface area (Å²) < 4.78 is 11.2. The summed E-state index contributed by atoms with van der Waals surface area (Å²) in [7, 11) is 1.58. The van der Waals surface area contributed by atoms with Crippen LogP contribution in [0.15, 0.2) is 48.5 Å². The lowest BCUT2D eigenvalue weighted by atomic mass is 10.0. The van der Waals surface area contributed by atoms with Crippen LogP contribution in [0.1, 0.15) is 37.9 Å². The average molecular weight is 382 g/mol. The molecule has 1 N–H and O–H groups in total. The Balaban J connectivity index is 2.05. The van der Waals surface area contributed by atoms with E-state index in [4.69, 9.17) is 9.47 Å². The van der Waals surface area contributed by atoms with Crippen molar-refractivity contribution in [2.45, 2.75) is 38.9 Å². The molecule has 1 aliphatic rings. The van der Waals surface area contributed by atoms with Gasteiger partial charge >= 0.3 is 0 Å². The van der Waals surface area contributed by atoms with Crippen LogP contribution in [-0.4, -0.2) is 36.0 Å². The second kappa shape index (κ2) is 7.92. The largest absolute Gasteiger partial charge is 0.496 e. The standard InChI is InChI=1S/C22H26N2O4/c1-22(2,3)23-21(26)20(15-9-6-5-7-10-15)24-13-16-17(27-4)11-8-12-18(16)28-14-19(24)25/h5-12,20H,13-14H2,1-4H3,(H,23,26). The molecule has 2 amide bonds. The Kier molecular flexibility index (Phi) is 5.58. The summed E-state index contributed by atoms with van der Waals surface area (Å²) in [6.45, 7) is 5.83. The number of ether oxygens (including phenoxy) is 2. The summed E-state index contributed by atoms with van der Waals surface area (Å²) in [5.74, 6) is 0.736. The maximum atomic E-state index is 13.2. The van der Waals surface area contributed by atoms with Gasteiger partial charge in [0.25, 0.3) is 5.91 Å². The van der Waals surface area contributed by atoms with Gasteiger partial charge in [0.1, 0.15) is 17.5 Å². The maximum Gasteiger partial charge on any atom is 0.261 e. The van der Waals surface area contributed by atoms with Gasteiger partial charge in [0, 0.05) is 5.54 Å². The van der Waals surface area contributed by atoms with Gasteiger partial charge in [0.05, 0.1) is 19.2 Å². The van der Waals surface area contributed by atoms with Crippen LogP contribution in [0.2, 0.25) is 0 Å². The molecule has 148 valence electrons. The summed E-state index contributed by atoms with van der Waals surface area (Å²) in [6.07, 6.45) is 0. The fourth-order valence-corrected chi connectivity index (χ4v) is 3.29. The first kappa shape index (κ1) is 19.7. The summed E-state index contributed by atoms with van der Waals surface area (Å²) in [6, 6.07) is 14.0. The van der Waals surface area contributed by atoms with Crippen LogP contribution in [0.25, 0.3) is 0 Å². The van der Waals surface area contributed by atoms with E-state index in [-0.39, 0.29) is 25.0 Å². The predicted octanol–water partition coefficient (Wildman–Crippen LogP) is 3.07. The summed E-state index contributed by atoms with van der Waals surface area (Å²) in [5, 5.41) is 3.00. The molecule has 6 nitrogen and oxygen atoms in total. The number of benzene rings is 2. The van der Waals surface area contributed by atoms with Crippen LogP contribution in [0, 0.1) is 0 Å². The molecule has 2 aromatic rings. The molecule has 1 atom stereocenters. The molecule has 0 saturated carbocycles. The van der Waals surface area contributed by atoms with Crippen molar-refractivity contribution in [1.29, 1.82) is 0 Å². The Morgan fingerprint density at radius 1 is 1.14 bits per heavy atom. The molecule has 0 bridgehead atoms.